The van der Waals surface area contributed by atoms with Crippen molar-refractivity contribution >= 4 is 5.91 Å². The van der Waals surface area contributed by atoms with Crippen molar-refractivity contribution in [1.29, 1.82) is 5.26 Å². The van der Waals surface area contributed by atoms with Crippen LogP contribution >= 0.6 is 0 Å². The number of nitriles is 1. The van der Waals surface area contributed by atoms with Crippen molar-refractivity contribution in [3.8, 4) is 6.07 Å². The van der Waals surface area contributed by atoms with Crippen molar-refractivity contribution in [3.63, 3.8) is 0 Å². The number of amides is 1. The molecule has 0 saturated carbocycles. The second kappa shape index (κ2) is 11.6. The molecule has 0 aliphatic carbocycles. The molecule has 0 aliphatic heterocycles. The van der Waals surface area contributed by atoms with E-state index in [1.165, 1.54) is 5.56 Å². The molecule has 4 heteroatoms. The van der Waals surface area contributed by atoms with E-state index in [4.69, 9.17) is 0 Å². The van der Waals surface area contributed by atoms with Crippen LogP contribution in [0.1, 0.15) is 34.3 Å². The second-order valence-electron chi connectivity index (χ2n) is 8.03. The maximum absolute atomic E-state index is 12.8. The number of carbonyl (C=O) groups excluding carboxylic acids is 1. The highest BCUT2D eigenvalue weighted by Gasteiger charge is 2.41. The summed E-state index contributed by atoms with van der Waals surface area (Å²) in [4.78, 5) is 12.8. The van der Waals surface area contributed by atoms with E-state index in [1.54, 1.807) is 18.2 Å². The average Bonchev–Trinajstić information content (AvgIpc) is 2.89. The summed E-state index contributed by atoms with van der Waals surface area (Å²) in [7, 11) is 0. The molecular formula is C29H29N3O. The van der Waals surface area contributed by atoms with Gasteiger partial charge in [0.05, 0.1) is 6.07 Å². The van der Waals surface area contributed by atoms with Gasteiger partial charge in [-0.1, -0.05) is 104 Å². The molecule has 0 bridgehead atoms. The highest BCUT2D eigenvalue weighted by atomic mass is 16.2. The van der Waals surface area contributed by atoms with E-state index in [9.17, 15) is 10.1 Å². The predicted octanol–water partition coefficient (Wildman–Crippen LogP) is 5.52. The second-order valence-corrected chi connectivity index (χ2v) is 8.03. The first-order chi connectivity index (χ1) is 16.1. The minimum absolute atomic E-state index is 0.247. The van der Waals surface area contributed by atoms with Crippen LogP contribution in [0.4, 0.5) is 0 Å². The molecule has 3 aromatic rings. The molecule has 33 heavy (non-hydrogen) atoms. The van der Waals surface area contributed by atoms with Crippen molar-refractivity contribution < 1.29 is 4.79 Å². The first kappa shape index (κ1) is 23.7. The minimum Gasteiger partial charge on any atom is -0.287 e. The lowest BCUT2D eigenvalue weighted by Gasteiger charge is -2.37. The lowest BCUT2D eigenvalue weighted by atomic mass is 9.69. The van der Waals surface area contributed by atoms with Gasteiger partial charge in [-0.05, 0) is 42.5 Å². The van der Waals surface area contributed by atoms with Crippen molar-refractivity contribution in [3.05, 3.63) is 132 Å². The molecule has 0 saturated heterocycles. The van der Waals surface area contributed by atoms with E-state index in [1.807, 2.05) is 66.7 Å². The van der Waals surface area contributed by atoms with Gasteiger partial charge in [0.2, 0.25) is 0 Å². The Morgan fingerprint density at radius 3 is 2.12 bits per heavy atom. The van der Waals surface area contributed by atoms with Crippen molar-refractivity contribution in [2.24, 2.45) is 0 Å². The SMILES string of the molecule is C=CC(=C)C[C@@](C#N)(c1ccccc1)[C@H](CCc1ccccc1)NNC(=O)c1ccccc1. The first-order valence-corrected chi connectivity index (χ1v) is 11.0. The number of benzene rings is 3. The Balaban J connectivity index is 1.95. The summed E-state index contributed by atoms with van der Waals surface area (Å²) in [6.07, 6.45) is 3.46. The maximum Gasteiger partial charge on any atom is 0.265 e. The Bertz CT molecular complexity index is 1100. The number of carbonyl (C=O) groups is 1. The van der Waals surface area contributed by atoms with E-state index in [2.05, 4.69) is 42.2 Å². The van der Waals surface area contributed by atoms with Crippen molar-refractivity contribution in [2.45, 2.75) is 30.7 Å². The number of aryl methyl sites for hydroxylation is 1. The molecule has 0 aliphatic rings. The molecule has 0 aromatic heterocycles. The number of rotatable bonds is 11. The van der Waals surface area contributed by atoms with Crippen molar-refractivity contribution in [1.82, 2.24) is 10.9 Å². The van der Waals surface area contributed by atoms with Gasteiger partial charge in [-0.25, -0.2) is 5.43 Å². The quantitative estimate of drug-likeness (QED) is 0.308. The van der Waals surface area contributed by atoms with Crippen LogP contribution in [-0.4, -0.2) is 11.9 Å². The molecule has 1 amide bonds. The Morgan fingerprint density at radius 2 is 1.55 bits per heavy atom. The van der Waals surface area contributed by atoms with E-state index in [-0.39, 0.29) is 11.9 Å². The highest BCUT2D eigenvalue weighted by Crippen LogP contribution is 2.36. The normalized spacial score (nSPS) is 13.2. The summed E-state index contributed by atoms with van der Waals surface area (Å²) < 4.78 is 0. The Morgan fingerprint density at radius 1 is 0.970 bits per heavy atom. The molecule has 3 aromatic carbocycles. The lowest BCUT2D eigenvalue weighted by molar-refractivity contribution is 0.0915. The fourth-order valence-electron chi connectivity index (χ4n) is 3.99. The van der Waals surface area contributed by atoms with E-state index >= 15 is 0 Å². The molecular weight excluding hydrogens is 406 g/mol. The van der Waals surface area contributed by atoms with Gasteiger partial charge in [-0.15, -0.1) is 0 Å². The molecule has 2 atom stereocenters. The fourth-order valence-corrected chi connectivity index (χ4v) is 3.99. The summed E-state index contributed by atoms with van der Waals surface area (Å²) in [5.41, 5.74) is 8.45. The Kier molecular flexibility index (Phi) is 8.35. The molecule has 0 heterocycles. The van der Waals surface area contributed by atoms with E-state index in [0.717, 1.165) is 17.6 Å². The van der Waals surface area contributed by atoms with Gasteiger partial charge in [0.15, 0.2) is 0 Å². The van der Waals surface area contributed by atoms with Gasteiger partial charge >= 0.3 is 0 Å². The minimum atomic E-state index is -0.953. The van der Waals surface area contributed by atoms with Crippen LogP contribution in [0.2, 0.25) is 0 Å². The monoisotopic (exact) mass is 435 g/mol. The molecule has 0 fully saturated rings. The zero-order valence-electron chi connectivity index (χ0n) is 18.7. The van der Waals surface area contributed by atoms with Crippen LogP contribution in [0.15, 0.2) is 116 Å². The van der Waals surface area contributed by atoms with Crippen LogP contribution < -0.4 is 10.9 Å². The van der Waals surface area contributed by atoms with Gasteiger partial charge in [0, 0.05) is 11.6 Å². The predicted molar refractivity (Wildman–Crippen MR) is 133 cm³/mol. The smallest absolute Gasteiger partial charge is 0.265 e. The average molecular weight is 436 g/mol. The molecule has 2 N–H and O–H groups in total. The van der Waals surface area contributed by atoms with Crippen molar-refractivity contribution in [2.75, 3.05) is 0 Å². The summed E-state index contributed by atoms with van der Waals surface area (Å²) in [5, 5.41) is 10.5. The summed E-state index contributed by atoms with van der Waals surface area (Å²) in [5.74, 6) is -0.247. The van der Waals surface area contributed by atoms with Crippen LogP contribution in [0, 0.1) is 11.3 Å². The third-order valence-electron chi connectivity index (χ3n) is 5.84. The number of hydrogen-bond acceptors (Lipinski definition) is 3. The largest absolute Gasteiger partial charge is 0.287 e. The standard InChI is InChI=1S/C29H29N3O/c1-3-23(2)21-29(22-30,26-17-11-6-12-18-26)27(20-19-24-13-7-4-8-14-24)31-32-28(33)25-15-9-5-10-16-25/h3-18,27,31H,1-2,19-21H2,(H,32,33)/t27-,29+/m0/s1. The van der Waals surface area contributed by atoms with Crippen LogP contribution in [-0.2, 0) is 11.8 Å². The Hall–Kier alpha value is -3.94. The number of nitrogens with zero attached hydrogens (tertiary/aromatic N) is 1. The number of hydrazine groups is 1. The van der Waals surface area contributed by atoms with E-state index in [0.29, 0.717) is 18.4 Å². The van der Waals surface area contributed by atoms with Gasteiger partial charge in [-0.2, -0.15) is 5.26 Å². The number of hydrogen-bond donors (Lipinski definition) is 2. The molecule has 3 rings (SSSR count). The maximum atomic E-state index is 12.8. The number of allylic oxidation sites excluding steroid dienone is 2. The first-order valence-electron chi connectivity index (χ1n) is 11.0. The zero-order valence-corrected chi connectivity index (χ0v) is 18.7. The van der Waals surface area contributed by atoms with Gasteiger partial charge in [-0.3, -0.25) is 10.2 Å². The number of nitrogens with one attached hydrogen (secondary N) is 2. The molecule has 0 unspecified atom stereocenters. The summed E-state index contributed by atoms with van der Waals surface area (Å²) >= 11 is 0. The molecule has 166 valence electrons. The summed E-state index contributed by atoms with van der Waals surface area (Å²) in [6, 6.07) is 31.0. The van der Waals surface area contributed by atoms with Gasteiger partial charge in [0.1, 0.15) is 5.41 Å². The molecule has 0 spiro atoms. The Labute approximate surface area is 196 Å². The van der Waals surface area contributed by atoms with Crippen LogP contribution in [0.3, 0.4) is 0 Å². The summed E-state index contributed by atoms with van der Waals surface area (Å²) in [6.45, 7) is 7.93. The van der Waals surface area contributed by atoms with Crippen LogP contribution in [0.25, 0.3) is 0 Å². The third kappa shape index (κ3) is 6.06. The molecule has 0 radical (unpaired) electrons. The highest BCUT2D eigenvalue weighted by molar-refractivity contribution is 5.93. The molecule has 4 nitrogen and oxygen atoms in total. The zero-order chi connectivity index (χ0) is 23.5. The van der Waals surface area contributed by atoms with Gasteiger partial charge < -0.3 is 0 Å². The topological polar surface area (TPSA) is 64.9 Å². The van der Waals surface area contributed by atoms with Crippen LogP contribution in [0.5, 0.6) is 0 Å². The third-order valence-corrected chi connectivity index (χ3v) is 5.84. The fraction of sp³-hybridized carbons (Fsp3) is 0.172. The van der Waals surface area contributed by atoms with E-state index < -0.39 is 5.41 Å². The van der Waals surface area contributed by atoms with Gasteiger partial charge in [0.25, 0.3) is 5.91 Å². The lowest BCUT2D eigenvalue weighted by Crippen LogP contribution is -2.54.